The molecule has 3 heterocycles. The monoisotopic (exact) mass is 712 g/mol. The van der Waals surface area contributed by atoms with Crippen molar-refractivity contribution in [1.82, 2.24) is 19.8 Å². The first-order chi connectivity index (χ1) is 25.1. The van der Waals surface area contributed by atoms with Gasteiger partial charge < -0.3 is 29.4 Å². The molecule has 7 rings (SSSR count). The van der Waals surface area contributed by atoms with Crippen molar-refractivity contribution < 1.29 is 37.3 Å². The van der Waals surface area contributed by atoms with E-state index in [0.29, 0.717) is 17.9 Å². The maximum absolute atomic E-state index is 13.1. The van der Waals surface area contributed by atoms with Gasteiger partial charge >= 0.3 is 12.1 Å². The fraction of sp³-hybridized carbons (Fsp3) is 0.325. The highest BCUT2D eigenvalue weighted by molar-refractivity contribution is 5.90. The summed E-state index contributed by atoms with van der Waals surface area (Å²) in [5.74, 6) is -2.62. The number of imidazole rings is 1. The average Bonchev–Trinajstić information content (AvgIpc) is 3.82. The first kappa shape index (κ1) is 35.4. The van der Waals surface area contributed by atoms with E-state index >= 15 is 0 Å². The Morgan fingerprint density at radius 2 is 1.63 bits per heavy atom. The molecule has 0 saturated carbocycles. The number of amides is 2. The Labute approximate surface area is 299 Å². The SMILES string of the molecule is C[C@@H]1[C@H](Cn2cnc3ccccc32)O[C@H](c2ccc(-c3ccccc3CNC(=O)[C@@H]3CCCN3C(=O)C(F)(F)F)cc2)O[C@@H]1c1ccc(CO)cc1. The number of aliphatic hydroxyl groups excluding tert-OH is 1. The van der Waals surface area contributed by atoms with Crippen molar-refractivity contribution in [1.29, 1.82) is 0 Å². The number of halogens is 3. The number of para-hydroxylation sites is 2. The Bertz CT molecular complexity index is 2030. The summed E-state index contributed by atoms with van der Waals surface area (Å²) in [7, 11) is 0. The number of alkyl halides is 3. The molecule has 0 unspecified atom stereocenters. The van der Waals surface area contributed by atoms with Gasteiger partial charge in [0.05, 0.1) is 42.7 Å². The summed E-state index contributed by atoms with van der Waals surface area (Å²) in [6, 6.07) is 29.8. The van der Waals surface area contributed by atoms with E-state index in [-0.39, 0.29) is 44.2 Å². The molecule has 0 radical (unpaired) electrons. The van der Waals surface area contributed by atoms with Gasteiger partial charge in [-0.15, -0.1) is 0 Å². The van der Waals surface area contributed by atoms with Crippen LogP contribution < -0.4 is 5.32 Å². The van der Waals surface area contributed by atoms with E-state index in [1.807, 2.05) is 103 Å². The third-order valence-electron chi connectivity index (χ3n) is 10.1. The number of nitrogens with one attached hydrogen (secondary N) is 1. The summed E-state index contributed by atoms with van der Waals surface area (Å²) in [6.07, 6.45) is -3.91. The van der Waals surface area contributed by atoms with Gasteiger partial charge in [0, 0.05) is 24.6 Å². The lowest BCUT2D eigenvalue weighted by Crippen LogP contribution is -2.50. The van der Waals surface area contributed by atoms with Crippen molar-refractivity contribution in [2.24, 2.45) is 5.92 Å². The minimum atomic E-state index is -5.03. The number of carbonyl (C=O) groups excluding carboxylic acids is 2. The van der Waals surface area contributed by atoms with Crippen LogP contribution >= 0.6 is 0 Å². The van der Waals surface area contributed by atoms with E-state index < -0.39 is 30.3 Å². The first-order valence-electron chi connectivity index (χ1n) is 17.3. The van der Waals surface area contributed by atoms with Crippen LogP contribution in [0.2, 0.25) is 0 Å². The number of aromatic nitrogens is 2. The molecule has 1 aromatic heterocycles. The van der Waals surface area contributed by atoms with Crippen LogP contribution in [0.5, 0.6) is 0 Å². The fourth-order valence-corrected chi connectivity index (χ4v) is 7.20. The third kappa shape index (κ3) is 7.32. The smallest absolute Gasteiger partial charge is 0.392 e. The highest BCUT2D eigenvalue weighted by Crippen LogP contribution is 2.42. The predicted molar refractivity (Wildman–Crippen MR) is 187 cm³/mol. The number of carbonyl (C=O) groups is 2. The molecular formula is C40H39F3N4O5. The van der Waals surface area contributed by atoms with Crippen LogP contribution in [0.3, 0.4) is 0 Å². The zero-order chi connectivity index (χ0) is 36.4. The zero-order valence-corrected chi connectivity index (χ0v) is 28.5. The van der Waals surface area contributed by atoms with Gasteiger partial charge in [-0.1, -0.05) is 91.9 Å². The van der Waals surface area contributed by atoms with Crippen molar-refractivity contribution in [2.75, 3.05) is 6.54 Å². The number of aliphatic hydroxyl groups is 1. The number of likely N-dealkylation sites (tertiary alicyclic amines) is 1. The Hall–Kier alpha value is -5.04. The molecule has 5 atom stereocenters. The Morgan fingerprint density at radius 1 is 0.923 bits per heavy atom. The average molecular weight is 713 g/mol. The van der Waals surface area contributed by atoms with Gasteiger partial charge in [-0.3, -0.25) is 9.59 Å². The zero-order valence-electron chi connectivity index (χ0n) is 28.5. The lowest BCUT2D eigenvalue weighted by atomic mass is 9.90. The number of nitrogens with zero attached hydrogens (tertiary/aromatic N) is 3. The number of fused-ring (bicyclic) bond motifs is 1. The van der Waals surface area contributed by atoms with Crippen LogP contribution in [0.25, 0.3) is 22.2 Å². The molecule has 0 spiro atoms. The van der Waals surface area contributed by atoms with Crippen LogP contribution in [-0.2, 0) is 38.8 Å². The van der Waals surface area contributed by atoms with Crippen LogP contribution in [-0.4, -0.2) is 56.2 Å². The molecule has 4 aromatic carbocycles. The molecule has 2 aliphatic heterocycles. The van der Waals surface area contributed by atoms with E-state index in [4.69, 9.17) is 9.47 Å². The number of hydrogen-bond acceptors (Lipinski definition) is 6. The van der Waals surface area contributed by atoms with E-state index in [2.05, 4.69) is 21.8 Å². The van der Waals surface area contributed by atoms with Crippen molar-refractivity contribution in [2.45, 2.75) is 70.2 Å². The van der Waals surface area contributed by atoms with Gasteiger partial charge in [-0.25, -0.2) is 4.98 Å². The van der Waals surface area contributed by atoms with Crippen LogP contribution in [0.15, 0.2) is 103 Å². The van der Waals surface area contributed by atoms with Crippen LogP contribution in [0.1, 0.15) is 54.4 Å². The van der Waals surface area contributed by atoms with Crippen molar-refractivity contribution in [3.05, 3.63) is 126 Å². The highest BCUT2D eigenvalue weighted by Gasteiger charge is 2.47. The molecule has 52 heavy (non-hydrogen) atoms. The highest BCUT2D eigenvalue weighted by atomic mass is 19.4. The standard InChI is InChI=1S/C40H39F3N4O5/c1-25-35(22-46-24-45-32-9-4-5-10-33(32)46)51-38(52-36(25)28-14-12-26(23-48)13-15-28)29-18-16-27(17-19-29)31-8-3-2-7-30(31)21-44-37(49)34-11-6-20-47(34)39(50)40(41,42)43/h2-5,7-10,12-19,24-25,34-36,38,48H,6,11,20-23H2,1H3,(H,44,49)/t25-,34+,35+,36+,38+/m1/s1. The number of rotatable bonds is 9. The topological polar surface area (TPSA) is 106 Å². The fourth-order valence-electron chi connectivity index (χ4n) is 7.20. The molecule has 2 aliphatic rings. The summed E-state index contributed by atoms with van der Waals surface area (Å²) in [6.45, 7) is 2.60. The Morgan fingerprint density at radius 3 is 2.38 bits per heavy atom. The molecule has 2 saturated heterocycles. The van der Waals surface area contributed by atoms with Crippen molar-refractivity contribution in [3.8, 4) is 11.1 Å². The second-order valence-electron chi connectivity index (χ2n) is 13.4. The predicted octanol–water partition coefficient (Wildman–Crippen LogP) is 6.86. The van der Waals surface area contributed by atoms with Crippen LogP contribution in [0.4, 0.5) is 13.2 Å². The normalized spacial score (nSPS) is 22.1. The van der Waals surface area contributed by atoms with E-state index in [9.17, 15) is 27.9 Å². The van der Waals surface area contributed by atoms with Gasteiger partial charge in [0.15, 0.2) is 6.29 Å². The van der Waals surface area contributed by atoms with Crippen molar-refractivity contribution in [3.63, 3.8) is 0 Å². The lowest BCUT2D eigenvalue weighted by molar-refractivity contribution is -0.276. The Kier molecular flexibility index (Phi) is 10.1. The second-order valence-corrected chi connectivity index (χ2v) is 13.4. The number of benzene rings is 4. The molecule has 0 bridgehead atoms. The molecule has 9 nitrogen and oxygen atoms in total. The van der Waals surface area contributed by atoms with E-state index in [0.717, 1.165) is 44.4 Å². The molecule has 2 fully saturated rings. The molecule has 12 heteroatoms. The van der Waals surface area contributed by atoms with Gasteiger partial charge in [0.1, 0.15) is 6.04 Å². The molecular weight excluding hydrogens is 673 g/mol. The summed E-state index contributed by atoms with van der Waals surface area (Å²) < 4.78 is 54.8. The van der Waals surface area contributed by atoms with Gasteiger partial charge in [-0.2, -0.15) is 13.2 Å². The Balaban J connectivity index is 1.10. The van der Waals surface area contributed by atoms with E-state index in [1.165, 1.54) is 0 Å². The van der Waals surface area contributed by atoms with Gasteiger partial charge in [0.2, 0.25) is 5.91 Å². The summed E-state index contributed by atoms with van der Waals surface area (Å²) in [4.78, 5) is 30.1. The molecule has 2 amide bonds. The van der Waals surface area contributed by atoms with Gasteiger partial charge in [-0.05, 0) is 52.8 Å². The first-order valence-corrected chi connectivity index (χ1v) is 17.3. The quantitative estimate of drug-likeness (QED) is 0.173. The summed E-state index contributed by atoms with van der Waals surface area (Å²) >= 11 is 0. The molecule has 5 aromatic rings. The molecule has 270 valence electrons. The second kappa shape index (κ2) is 14.9. The lowest BCUT2D eigenvalue weighted by Gasteiger charge is -2.41. The summed E-state index contributed by atoms with van der Waals surface area (Å²) in [5, 5.41) is 12.4. The van der Waals surface area contributed by atoms with Gasteiger partial charge in [0.25, 0.3) is 0 Å². The number of ether oxygens (including phenoxy) is 2. The number of hydrogen-bond donors (Lipinski definition) is 2. The maximum atomic E-state index is 13.1. The molecule has 2 N–H and O–H groups in total. The van der Waals surface area contributed by atoms with Crippen molar-refractivity contribution >= 4 is 22.8 Å². The van der Waals surface area contributed by atoms with E-state index in [1.54, 1.807) is 0 Å². The minimum Gasteiger partial charge on any atom is -0.392 e. The summed E-state index contributed by atoms with van der Waals surface area (Å²) in [5.41, 5.74) is 7.01. The molecule has 0 aliphatic carbocycles. The maximum Gasteiger partial charge on any atom is 0.471 e. The third-order valence-corrected chi connectivity index (χ3v) is 10.1. The largest absolute Gasteiger partial charge is 0.471 e. The van der Waals surface area contributed by atoms with Crippen LogP contribution in [0, 0.1) is 5.92 Å². The minimum absolute atomic E-state index is 0.0263.